The highest BCUT2D eigenvalue weighted by Gasteiger charge is 2.40. The van der Waals surface area contributed by atoms with Crippen LogP contribution in [0.4, 0.5) is 10.5 Å². The number of nitrogens with zero attached hydrogens (tertiary/aromatic N) is 3. The van der Waals surface area contributed by atoms with Gasteiger partial charge in [0.25, 0.3) is 0 Å². The first kappa shape index (κ1) is 20.5. The lowest BCUT2D eigenvalue weighted by molar-refractivity contribution is 0.175. The van der Waals surface area contributed by atoms with Crippen LogP contribution in [0.1, 0.15) is 25.3 Å². The van der Waals surface area contributed by atoms with E-state index in [1.165, 1.54) is 0 Å². The Morgan fingerprint density at radius 1 is 1.10 bits per heavy atom. The zero-order valence-electron chi connectivity index (χ0n) is 17.3. The van der Waals surface area contributed by atoms with Crippen molar-refractivity contribution >= 4 is 34.2 Å². The van der Waals surface area contributed by atoms with E-state index in [0.717, 1.165) is 46.4 Å². The number of para-hydroxylation sites is 1. The van der Waals surface area contributed by atoms with Crippen LogP contribution >= 0.6 is 11.8 Å². The van der Waals surface area contributed by atoms with Crippen LogP contribution < -0.4 is 10.1 Å². The predicted octanol–water partition coefficient (Wildman–Crippen LogP) is 4.67. The normalized spacial score (nSPS) is 17.5. The number of aliphatic imine (C=N–C) groups is 2. The lowest BCUT2D eigenvalue weighted by Gasteiger charge is -2.35. The van der Waals surface area contributed by atoms with Crippen molar-refractivity contribution in [2.75, 3.05) is 31.3 Å². The summed E-state index contributed by atoms with van der Waals surface area (Å²) in [6.07, 6.45) is 1.45. The highest BCUT2D eigenvalue weighted by atomic mass is 32.2. The van der Waals surface area contributed by atoms with Crippen LogP contribution in [0.25, 0.3) is 0 Å². The number of piperidine rings is 1. The number of anilines is 1. The first-order valence-corrected chi connectivity index (χ1v) is 11.2. The van der Waals surface area contributed by atoms with Crippen molar-refractivity contribution < 1.29 is 9.53 Å². The minimum absolute atomic E-state index is 0.0689. The van der Waals surface area contributed by atoms with Gasteiger partial charge in [0.2, 0.25) is 0 Å². The molecule has 1 spiro atoms. The molecule has 0 atom stereocenters. The predicted molar refractivity (Wildman–Crippen MR) is 124 cm³/mol. The van der Waals surface area contributed by atoms with Crippen LogP contribution in [0.3, 0.4) is 0 Å². The average molecular weight is 423 g/mol. The molecule has 2 aromatic rings. The quantitative estimate of drug-likeness (QED) is 0.778. The van der Waals surface area contributed by atoms with E-state index < -0.39 is 5.66 Å². The van der Waals surface area contributed by atoms with Gasteiger partial charge in [-0.05, 0) is 42.2 Å². The van der Waals surface area contributed by atoms with Gasteiger partial charge in [-0.1, -0.05) is 25.1 Å². The van der Waals surface area contributed by atoms with Crippen molar-refractivity contribution in [1.29, 1.82) is 0 Å². The number of amides is 2. The molecular formula is C23H26N4O2S. The minimum Gasteiger partial charge on any atom is -0.497 e. The highest BCUT2D eigenvalue weighted by molar-refractivity contribution is 8.15. The summed E-state index contributed by atoms with van der Waals surface area (Å²) in [7, 11) is 1.67. The Bertz CT molecular complexity index is 949. The van der Waals surface area contributed by atoms with Crippen molar-refractivity contribution in [3.05, 3.63) is 60.2 Å². The van der Waals surface area contributed by atoms with Gasteiger partial charge in [-0.15, -0.1) is 11.8 Å². The van der Waals surface area contributed by atoms with E-state index in [0.29, 0.717) is 13.1 Å². The average Bonchev–Trinajstić information content (AvgIpc) is 3.13. The van der Waals surface area contributed by atoms with Crippen LogP contribution in [-0.2, 0) is 0 Å². The Morgan fingerprint density at radius 2 is 1.80 bits per heavy atom. The molecule has 0 aromatic heterocycles. The smallest absolute Gasteiger partial charge is 0.321 e. The van der Waals surface area contributed by atoms with Crippen molar-refractivity contribution in [1.82, 2.24) is 4.90 Å². The van der Waals surface area contributed by atoms with E-state index in [-0.39, 0.29) is 6.03 Å². The zero-order chi connectivity index (χ0) is 21.0. The topological polar surface area (TPSA) is 66.3 Å². The number of nitrogens with one attached hydrogen (secondary N) is 1. The number of carbonyl (C=O) groups is 1. The van der Waals surface area contributed by atoms with E-state index >= 15 is 0 Å². The SMILES string of the molecule is CCSC1=NC2(CCN(C(=O)Nc3ccccc3)CC2)N=C1c1ccc(OC)cc1. The summed E-state index contributed by atoms with van der Waals surface area (Å²) in [6, 6.07) is 17.4. The summed E-state index contributed by atoms with van der Waals surface area (Å²) in [5.74, 6) is 1.77. The molecule has 7 heteroatoms. The number of ether oxygens (including phenoxy) is 1. The van der Waals surface area contributed by atoms with Gasteiger partial charge in [0.15, 0.2) is 5.66 Å². The number of hydrogen-bond donors (Lipinski definition) is 1. The van der Waals surface area contributed by atoms with Crippen LogP contribution in [-0.4, -0.2) is 53.3 Å². The van der Waals surface area contributed by atoms with Crippen LogP contribution in [0.15, 0.2) is 64.6 Å². The molecule has 1 fully saturated rings. The maximum absolute atomic E-state index is 12.6. The monoisotopic (exact) mass is 422 g/mol. The Hall–Kier alpha value is -2.80. The van der Waals surface area contributed by atoms with E-state index in [9.17, 15) is 4.79 Å². The molecule has 2 aliphatic rings. The molecule has 156 valence electrons. The molecule has 30 heavy (non-hydrogen) atoms. The van der Waals surface area contributed by atoms with E-state index in [1.54, 1.807) is 18.9 Å². The third-order valence-corrected chi connectivity index (χ3v) is 6.20. The number of carbonyl (C=O) groups excluding carboxylic acids is 1. The van der Waals surface area contributed by atoms with Gasteiger partial charge in [0.05, 0.1) is 12.8 Å². The van der Waals surface area contributed by atoms with E-state index in [1.807, 2.05) is 59.5 Å². The molecule has 1 N–H and O–H groups in total. The molecular weight excluding hydrogens is 396 g/mol. The molecule has 0 radical (unpaired) electrons. The number of urea groups is 1. The molecule has 2 aliphatic heterocycles. The standard InChI is InChI=1S/C23H26N4O2S/c1-3-30-21-20(17-9-11-19(29-2)12-10-17)25-23(26-21)13-15-27(16-14-23)22(28)24-18-7-5-4-6-8-18/h4-12H,3,13-16H2,1-2H3,(H,24,28). The summed E-state index contributed by atoms with van der Waals surface area (Å²) >= 11 is 1.72. The number of thioether (sulfide) groups is 1. The van der Waals surface area contributed by atoms with Crippen LogP contribution in [0.2, 0.25) is 0 Å². The fraction of sp³-hybridized carbons (Fsp3) is 0.348. The zero-order valence-corrected chi connectivity index (χ0v) is 18.1. The summed E-state index contributed by atoms with van der Waals surface area (Å²) in [6.45, 7) is 3.39. The summed E-state index contributed by atoms with van der Waals surface area (Å²) in [5.41, 5.74) is 2.35. The Labute approximate surface area is 181 Å². The van der Waals surface area contributed by atoms with Gasteiger partial charge in [0, 0.05) is 37.2 Å². The molecule has 0 saturated carbocycles. The Morgan fingerprint density at radius 3 is 2.43 bits per heavy atom. The number of benzene rings is 2. The minimum atomic E-state index is -0.462. The lowest BCUT2D eigenvalue weighted by Crippen LogP contribution is -2.46. The lowest BCUT2D eigenvalue weighted by atomic mass is 9.98. The fourth-order valence-corrected chi connectivity index (χ4v) is 4.52. The maximum atomic E-state index is 12.6. The number of rotatable bonds is 4. The third-order valence-electron chi connectivity index (χ3n) is 5.35. The van der Waals surface area contributed by atoms with Crippen molar-refractivity contribution in [3.63, 3.8) is 0 Å². The van der Waals surface area contributed by atoms with Crippen LogP contribution in [0.5, 0.6) is 5.75 Å². The second kappa shape index (κ2) is 8.92. The molecule has 4 rings (SSSR count). The van der Waals surface area contributed by atoms with E-state index in [2.05, 4.69) is 12.2 Å². The Kier molecular flexibility index (Phi) is 6.08. The number of hydrogen-bond acceptors (Lipinski definition) is 5. The third kappa shape index (κ3) is 4.36. The van der Waals surface area contributed by atoms with E-state index in [4.69, 9.17) is 14.7 Å². The first-order chi connectivity index (χ1) is 14.6. The maximum Gasteiger partial charge on any atom is 0.321 e. The molecule has 0 aliphatic carbocycles. The molecule has 2 aromatic carbocycles. The summed E-state index contributed by atoms with van der Waals surface area (Å²) in [5, 5.41) is 3.96. The Balaban J connectivity index is 1.47. The summed E-state index contributed by atoms with van der Waals surface area (Å²) in [4.78, 5) is 24.6. The first-order valence-electron chi connectivity index (χ1n) is 10.2. The van der Waals surface area contributed by atoms with Gasteiger partial charge in [-0.2, -0.15) is 0 Å². The van der Waals surface area contributed by atoms with Gasteiger partial charge < -0.3 is 15.0 Å². The van der Waals surface area contributed by atoms with Gasteiger partial charge in [0.1, 0.15) is 10.8 Å². The molecule has 2 heterocycles. The van der Waals surface area contributed by atoms with Crippen molar-refractivity contribution in [3.8, 4) is 5.75 Å². The number of methoxy groups -OCH3 is 1. The fourth-order valence-electron chi connectivity index (χ4n) is 3.71. The second-order valence-electron chi connectivity index (χ2n) is 7.30. The van der Waals surface area contributed by atoms with Gasteiger partial charge in [-0.3, -0.25) is 4.99 Å². The van der Waals surface area contributed by atoms with Gasteiger partial charge in [-0.25, -0.2) is 9.79 Å². The molecule has 0 unspecified atom stereocenters. The molecule has 1 saturated heterocycles. The largest absolute Gasteiger partial charge is 0.497 e. The van der Waals surface area contributed by atoms with Gasteiger partial charge >= 0.3 is 6.03 Å². The van der Waals surface area contributed by atoms with Crippen molar-refractivity contribution in [2.24, 2.45) is 9.98 Å². The molecule has 2 amide bonds. The van der Waals surface area contributed by atoms with Crippen molar-refractivity contribution in [2.45, 2.75) is 25.4 Å². The molecule has 0 bridgehead atoms. The molecule has 6 nitrogen and oxygen atoms in total. The highest BCUT2D eigenvalue weighted by Crippen LogP contribution is 2.36. The second-order valence-corrected chi connectivity index (χ2v) is 8.56. The summed E-state index contributed by atoms with van der Waals surface area (Å²) < 4.78 is 5.27. The number of likely N-dealkylation sites (tertiary alicyclic amines) is 1. The van der Waals surface area contributed by atoms with Crippen LogP contribution in [0, 0.1) is 0 Å².